The van der Waals surface area contributed by atoms with E-state index in [1.54, 1.807) is 6.92 Å². The van der Waals surface area contributed by atoms with Crippen molar-refractivity contribution < 1.29 is 18.3 Å². The van der Waals surface area contributed by atoms with Crippen LogP contribution in [0, 0.1) is 0 Å². The Bertz CT molecular complexity index is 206. The number of rotatable bonds is 8. The summed E-state index contributed by atoms with van der Waals surface area (Å²) in [6, 6.07) is 0. The van der Waals surface area contributed by atoms with Crippen molar-refractivity contribution in [1.29, 1.82) is 0 Å². The molecule has 15 heavy (non-hydrogen) atoms. The summed E-state index contributed by atoms with van der Waals surface area (Å²) in [7, 11) is 0. The summed E-state index contributed by atoms with van der Waals surface area (Å²) >= 11 is -2.37. The van der Waals surface area contributed by atoms with E-state index in [9.17, 15) is 13.6 Å². The average Bonchev–Trinajstić information content (AvgIpc) is 2.18. The molecule has 0 aliphatic rings. The van der Waals surface area contributed by atoms with E-state index >= 15 is 0 Å². The summed E-state index contributed by atoms with van der Waals surface area (Å²) in [5.41, 5.74) is 0. The Kier molecular flexibility index (Phi) is 8.61. The molecule has 0 saturated carbocycles. The number of unbranched alkanes of at least 4 members (excludes halogenated alkanes) is 3. The van der Waals surface area contributed by atoms with Gasteiger partial charge in [-0.3, -0.25) is 9.00 Å². The standard InChI is InChI=1S/C10H20O4S/c1-3-5-6-7-8-14-10(11)9(4-2)15(12)13/h9H,3-8H2,1-2H3,(H,12,13)/p-1. The molecule has 0 saturated heterocycles. The summed E-state index contributed by atoms with van der Waals surface area (Å²) in [5, 5.41) is -1.00. The molecule has 0 aromatic rings. The quantitative estimate of drug-likeness (QED) is 0.365. The monoisotopic (exact) mass is 235 g/mol. The summed E-state index contributed by atoms with van der Waals surface area (Å²) in [6.07, 6.45) is 4.32. The average molecular weight is 235 g/mol. The highest BCUT2D eigenvalue weighted by atomic mass is 32.2. The van der Waals surface area contributed by atoms with Gasteiger partial charge in [0.25, 0.3) is 0 Å². The normalized spacial score (nSPS) is 14.6. The van der Waals surface area contributed by atoms with Crippen molar-refractivity contribution in [3.05, 3.63) is 0 Å². The first-order valence-electron chi connectivity index (χ1n) is 5.38. The van der Waals surface area contributed by atoms with Gasteiger partial charge in [-0.15, -0.1) is 0 Å². The first kappa shape index (κ1) is 14.6. The molecule has 2 unspecified atom stereocenters. The van der Waals surface area contributed by atoms with Gasteiger partial charge in [0, 0.05) is 0 Å². The van der Waals surface area contributed by atoms with Crippen molar-refractivity contribution in [2.24, 2.45) is 0 Å². The van der Waals surface area contributed by atoms with Gasteiger partial charge in [0.2, 0.25) is 0 Å². The molecule has 0 radical (unpaired) electrons. The molecular formula is C10H19O4S-. The summed E-state index contributed by atoms with van der Waals surface area (Å²) in [5.74, 6) is -0.623. The lowest BCUT2D eigenvalue weighted by molar-refractivity contribution is -0.143. The van der Waals surface area contributed by atoms with Crippen LogP contribution < -0.4 is 0 Å². The predicted molar refractivity (Wildman–Crippen MR) is 58.1 cm³/mol. The van der Waals surface area contributed by atoms with E-state index in [4.69, 9.17) is 4.74 Å². The third-order valence-electron chi connectivity index (χ3n) is 2.11. The molecule has 0 rings (SSSR count). The molecule has 5 heteroatoms. The Morgan fingerprint density at radius 1 is 1.33 bits per heavy atom. The molecule has 2 atom stereocenters. The van der Waals surface area contributed by atoms with E-state index in [0.29, 0.717) is 6.61 Å². The maximum absolute atomic E-state index is 11.2. The summed E-state index contributed by atoms with van der Waals surface area (Å²) in [4.78, 5) is 11.2. The van der Waals surface area contributed by atoms with Crippen LogP contribution in [0.1, 0.15) is 46.0 Å². The molecular weight excluding hydrogens is 216 g/mol. The zero-order valence-corrected chi connectivity index (χ0v) is 10.2. The van der Waals surface area contributed by atoms with Crippen LogP contribution >= 0.6 is 0 Å². The predicted octanol–water partition coefficient (Wildman–Crippen LogP) is 1.77. The van der Waals surface area contributed by atoms with Crippen molar-refractivity contribution >= 4 is 17.0 Å². The third-order valence-corrected chi connectivity index (χ3v) is 3.10. The lowest BCUT2D eigenvalue weighted by Gasteiger charge is -2.16. The van der Waals surface area contributed by atoms with Gasteiger partial charge in [0.05, 0.1) is 6.61 Å². The second-order valence-electron chi connectivity index (χ2n) is 3.39. The molecule has 0 N–H and O–H groups in total. The Labute approximate surface area is 93.7 Å². The second kappa shape index (κ2) is 8.85. The number of esters is 1. The molecule has 0 spiro atoms. The van der Waals surface area contributed by atoms with Crippen molar-refractivity contribution in [3.63, 3.8) is 0 Å². The SMILES string of the molecule is CCCCCCOC(=O)C(CC)S(=O)[O-]. The number of ether oxygens (including phenoxy) is 1. The van der Waals surface area contributed by atoms with Gasteiger partial charge in [0.15, 0.2) is 0 Å². The molecule has 0 bridgehead atoms. The van der Waals surface area contributed by atoms with Gasteiger partial charge in [-0.25, -0.2) is 0 Å². The zero-order chi connectivity index (χ0) is 11.7. The maximum Gasteiger partial charge on any atom is 0.320 e. The summed E-state index contributed by atoms with van der Waals surface area (Å²) in [6.45, 7) is 4.07. The topological polar surface area (TPSA) is 66.4 Å². The molecule has 0 aromatic heterocycles. The van der Waals surface area contributed by atoms with Crippen molar-refractivity contribution in [3.8, 4) is 0 Å². The Morgan fingerprint density at radius 2 is 2.00 bits per heavy atom. The third kappa shape index (κ3) is 6.62. The highest BCUT2D eigenvalue weighted by Gasteiger charge is 2.18. The van der Waals surface area contributed by atoms with Crippen molar-refractivity contribution in [2.45, 2.75) is 51.2 Å². The number of carbonyl (C=O) groups is 1. The molecule has 0 amide bonds. The fourth-order valence-corrected chi connectivity index (χ4v) is 1.67. The van der Waals surface area contributed by atoms with Crippen LogP contribution in [0.4, 0.5) is 0 Å². The Balaban J connectivity index is 3.67. The van der Waals surface area contributed by atoms with Crippen molar-refractivity contribution in [1.82, 2.24) is 0 Å². The van der Waals surface area contributed by atoms with Gasteiger partial charge in [-0.1, -0.05) is 33.1 Å². The van der Waals surface area contributed by atoms with Crippen LogP contribution in [0.3, 0.4) is 0 Å². The summed E-state index contributed by atoms with van der Waals surface area (Å²) < 4.78 is 26.1. The van der Waals surface area contributed by atoms with E-state index in [1.165, 1.54) is 0 Å². The minimum Gasteiger partial charge on any atom is -0.772 e. The van der Waals surface area contributed by atoms with Crippen LogP contribution in [0.2, 0.25) is 0 Å². The Hall–Kier alpha value is -0.420. The van der Waals surface area contributed by atoms with E-state index in [2.05, 4.69) is 6.92 Å². The highest BCUT2D eigenvalue weighted by molar-refractivity contribution is 7.80. The van der Waals surface area contributed by atoms with Crippen molar-refractivity contribution in [2.75, 3.05) is 6.61 Å². The minimum absolute atomic E-state index is 0.268. The van der Waals surface area contributed by atoms with E-state index in [-0.39, 0.29) is 6.42 Å². The molecule has 0 aliphatic heterocycles. The highest BCUT2D eigenvalue weighted by Crippen LogP contribution is 2.04. The molecule has 0 aliphatic carbocycles. The fourth-order valence-electron chi connectivity index (χ4n) is 1.18. The maximum atomic E-state index is 11.2. The van der Waals surface area contributed by atoms with E-state index < -0.39 is 22.3 Å². The van der Waals surface area contributed by atoms with Crippen LogP contribution in [0.5, 0.6) is 0 Å². The van der Waals surface area contributed by atoms with E-state index in [0.717, 1.165) is 25.7 Å². The number of hydrogen-bond donors (Lipinski definition) is 0. The minimum atomic E-state index is -2.37. The van der Waals surface area contributed by atoms with Crippen LogP contribution in [-0.4, -0.2) is 26.6 Å². The van der Waals surface area contributed by atoms with Gasteiger partial charge < -0.3 is 9.29 Å². The zero-order valence-electron chi connectivity index (χ0n) is 9.36. The molecule has 90 valence electrons. The number of hydrogen-bond acceptors (Lipinski definition) is 4. The Morgan fingerprint density at radius 3 is 2.47 bits per heavy atom. The van der Waals surface area contributed by atoms with Crippen LogP contribution in [0.15, 0.2) is 0 Å². The molecule has 0 fully saturated rings. The number of carbonyl (C=O) groups excluding carboxylic acids is 1. The first-order chi connectivity index (χ1) is 7.13. The van der Waals surface area contributed by atoms with Gasteiger partial charge >= 0.3 is 5.97 Å². The molecule has 0 heterocycles. The van der Waals surface area contributed by atoms with Gasteiger partial charge in [0.1, 0.15) is 5.25 Å². The smallest absolute Gasteiger partial charge is 0.320 e. The fraction of sp³-hybridized carbons (Fsp3) is 0.900. The van der Waals surface area contributed by atoms with Gasteiger partial charge in [-0.2, -0.15) is 0 Å². The largest absolute Gasteiger partial charge is 0.772 e. The van der Waals surface area contributed by atoms with Crippen LogP contribution in [0.25, 0.3) is 0 Å². The molecule has 4 nitrogen and oxygen atoms in total. The lowest BCUT2D eigenvalue weighted by atomic mass is 10.2. The second-order valence-corrected chi connectivity index (χ2v) is 4.48. The first-order valence-corrected chi connectivity index (χ1v) is 6.52. The molecule has 0 aromatic carbocycles. The van der Waals surface area contributed by atoms with Crippen LogP contribution in [-0.2, 0) is 20.6 Å². The van der Waals surface area contributed by atoms with Gasteiger partial charge in [-0.05, 0) is 23.9 Å². The lowest BCUT2D eigenvalue weighted by Crippen LogP contribution is -2.27. The van der Waals surface area contributed by atoms with E-state index in [1.807, 2.05) is 0 Å².